The van der Waals surface area contributed by atoms with Gasteiger partial charge in [0.05, 0.1) is 6.61 Å². The Bertz CT molecular complexity index is 316. The zero-order chi connectivity index (χ0) is 13.5. The lowest BCUT2D eigenvalue weighted by Crippen LogP contribution is -2.31. The van der Waals surface area contributed by atoms with Gasteiger partial charge < -0.3 is 15.3 Å². The number of aliphatic hydroxyl groups excluding tert-OH is 1. The summed E-state index contributed by atoms with van der Waals surface area (Å²) in [5.74, 6) is 0. The highest BCUT2D eigenvalue weighted by atomic mass is 16.3. The van der Waals surface area contributed by atoms with E-state index in [9.17, 15) is 0 Å². The number of nitrogens with zero attached hydrogens (tertiary/aromatic N) is 1. The number of hydrogen-bond donors (Lipinski definition) is 2. The van der Waals surface area contributed by atoms with Crippen LogP contribution in [0, 0.1) is 0 Å². The van der Waals surface area contributed by atoms with E-state index in [1.54, 1.807) is 0 Å². The first-order valence-corrected chi connectivity index (χ1v) is 6.81. The van der Waals surface area contributed by atoms with Gasteiger partial charge >= 0.3 is 0 Å². The van der Waals surface area contributed by atoms with Crippen LogP contribution < -0.4 is 10.2 Å². The van der Waals surface area contributed by atoms with Gasteiger partial charge in [0.25, 0.3) is 0 Å². The summed E-state index contributed by atoms with van der Waals surface area (Å²) in [7, 11) is 2.01. The van der Waals surface area contributed by atoms with Gasteiger partial charge in [-0.3, -0.25) is 0 Å². The van der Waals surface area contributed by atoms with Crippen LogP contribution in [0.15, 0.2) is 24.3 Å². The molecule has 0 bridgehead atoms. The summed E-state index contributed by atoms with van der Waals surface area (Å²) in [5, 5.41) is 12.6. The second kappa shape index (κ2) is 7.39. The van der Waals surface area contributed by atoms with Crippen LogP contribution >= 0.6 is 0 Å². The van der Waals surface area contributed by atoms with Crippen LogP contribution in [0.3, 0.4) is 0 Å². The molecule has 2 N–H and O–H groups in total. The quantitative estimate of drug-likeness (QED) is 0.780. The summed E-state index contributed by atoms with van der Waals surface area (Å²) in [4.78, 5) is 2.10. The van der Waals surface area contributed by atoms with E-state index < -0.39 is 0 Å². The van der Waals surface area contributed by atoms with E-state index >= 15 is 0 Å². The predicted octanol–water partition coefficient (Wildman–Crippen LogP) is 2.56. The van der Waals surface area contributed by atoms with Gasteiger partial charge in [-0.05, 0) is 37.6 Å². The third-order valence-corrected chi connectivity index (χ3v) is 3.49. The zero-order valence-electron chi connectivity index (χ0n) is 12.0. The van der Waals surface area contributed by atoms with E-state index in [2.05, 4.69) is 48.3 Å². The summed E-state index contributed by atoms with van der Waals surface area (Å²) in [6.45, 7) is 7.51. The molecule has 0 saturated heterocycles. The number of rotatable bonds is 7. The average molecular weight is 250 g/mol. The van der Waals surface area contributed by atoms with E-state index in [-0.39, 0.29) is 12.6 Å². The van der Waals surface area contributed by atoms with Crippen LogP contribution in [0.4, 0.5) is 5.69 Å². The standard InChI is InChI=1S/C15H26N2O/c1-5-15(16-6-2)13-7-9-14(10-8-13)17(4)12(3)11-18/h7-10,12,15-16,18H,5-6,11H2,1-4H3. The minimum atomic E-state index is 0.145. The van der Waals surface area contributed by atoms with Crippen LogP contribution in [-0.2, 0) is 0 Å². The summed E-state index contributed by atoms with van der Waals surface area (Å²) in [6.07, 6.45) is 1.09. The second-order valence-corrected chi connectivity index (χ2v) is 4.75. The monoisotopic (exact) mass is 250 g/mol. The van der Waals surface area contributed by atoms with Crippen molar-refractivity contribution in [1.29, 1.82) is 0 Å². The number of benzene rings is 1. The first-order valence-electron chi connectivity index (χ1n) is 6.81. The van der Waals surface area contributed by atoms with Gasteiger partial charge in [0.2, 0.25) is 0 Å². The third-order valence-electron chi connectivity index (χ3n) is 3.49. The molecule has 0 spiro atoms. The van der Waals surface area contributed by atoms with E-state index in [1.165, 1.54) is 5.56 Å². The average Bonchev–Trinajstić information content (AvgIpc) is 2.43. The Morgan fingerprint density at radius 1 is 1.22 bits per heavy atom. The fraction of sp³-hybridized carbons (Fsp3) is 0.600. The van der Waals surface area contributed by atoms with Crippen molar-refractivity contribution >= 4 is 5.69 Å². The van der Waals surface area contributed by atoms with Crippen molar-refractivity contribution < 1.29 is 5.11 Å². The summed E-state index contributed by atoms with van der Waals surface area (Å²) >= 11 is 0. The molecular weight excluding hydrogens is 224 g/mol. The Labute approximate surface area is 111 Å². The topological polar surface area (TPSA) is 35.5 Å². The SMILES string of the molecule is CCNC(CC)c1ccc(N(C)C(C)CO)cc1. The number of aliphatic hydroxyl groups is 1. The second-order valence-electron chi connectivity index (χ2n) is 4.75. The van der Waals surface area contributed by atoms with Gasteiger partial charge in [-0.2, -0.15) is 0 Å². The molecule has 0 aromatic heterocycles. The van der Waals surface area contributed by atoms with Gasteiger partial charge in [0.1, 0.15) is 0 Å². The van der Waals surface area contributed by atoms with Crippen molar-refractivity contribution in [3.63, 3.8) is 0 Å². The molecule has 0 fully saturated rings. The third kappa shape index (κ3) is 3.72. The summed E-state index contributed by atoms with van der Waals surface area (Å²) in [6, 6.07) is 9.18. The lowest BCUT2D eigenvalue weighted by atomic mass is 10.0. The highest BCUT2D eigenvalue weighted by Crippen LogP contribution is 2.21. The lowest BCUT2D eigenvalue weighted by Gasteiger charge is -2.26. The number of likely N-dealkylation sites (N-methyl/N-ethyl adjacent to an activating group) is 1. The first-order chi connectivity index (χ1) is 8.63. The molecule has 1 aromatic carbocycles. The first kappa shape index (κ1) is 15.0. The Morgan fingerprint density at radius 3 is 2.28 bits per heavy atom. The maximum atomic E-state index is 9.17. The summed E-state index contributed by atoms with van der Waals surface area (Å²) in [5.41, 5.74) is 2.47. The van der Waals surface area contributed by atoms with Gasteiger partial charge in [-0.25, -0.2) is 0 Å². The van der Waals surface area contributed by atoms with Gasteiger partial charge in [-0.15, -0.1) is 0 Å². The normalized spacial score (nSPS) is 14.3. The molecule has 0 aliphatic heterocycles. The van der Waals surface area contributed by atoms with Crippen LogP contribution in [0.1, 0.15) is 38.8 Å². The van der Waals surface area contributed by atoms with Crippen molar-refractivity contribution in [3.8, 4) is 0 Å². The molecular formula is C15H26N2O. The van der Waals surface area contributed by atoms with E-state index in [0.717, 1.165) is 18.7 Å². The number of hydrogen-bond acceptors (Lipinski definition) is 3. The number of nitrogens with one attached hydrogen (secondary N) is 1. The molecule has 3 heteroatoms. The van der Waals surface area contributed by atoms with E-state index in [4.69, 9.17) is 5.11 Å². The van der Waals surface area contributed by atoms with Gasteiger partial charge in [0.15, 0.2) is 0 Å². The number of anilines is 1. The molecule has 2 atom stereocenters. The molecule has 1 rings (SSSR count). The molecule has 0 heterocycles. The molecule has 3 nitrogen and oxygen atoms in total. The van der Waals surface area contributed by atoms with Crippen molar-refractivity contribution in [2.75, 3.05) is 25.1 Å². The van der Waals surface area contributed by atoms with Crippen molar-refractivity contribution in [2.24, 2.45) is 0 Å². The van der Waals surface area contributed by atoms with E-state index in [1.807, 2.05) is 14.0 Å². The molecule has 0 amide bonds. The van der Waals surface area contributed by atoms with Gasteiger partial charge in [-0.1, -0.05) is 26.0 Å². The van der Waals surface area contributed by atoms with Crippen LogP contribution in [0.25, 0.3) is 0 Å². The molecule has 2 unspecified atom stereocenters. The minimum absolute atomic E-state index is 0.145. The molecule has 18 heavy (non-hydrogen) atoms. The molecule has 102 valence electrons. The molecule has 0 aliphatic carbocycles. The zero-order valence-corrected chi connectivity index (χ0v) is 12.0. The Hall–Kier alpha value is -1.06. The largest absolute Gasteiger partial charge is 0.394 e. The molecule has 0 saturated carbocycles. The molecule has 1 aromatic rings. The molecule has 0 radical (unpaired) electrons. The van der Waals surface area contributed by atoms with Crippen LogP contribution in [-0.4, -0.2) is 31.3 Å². The maximum Gasteiger partial charge on any atom is 0.0632 e. The van der Waals surface area contributed by atoms with Crippen molar-refractivity contribution in [3.05, 3.63) is 29.8 Å². The van der Waals surface area contributed by atoms with Crippen LogP contribution in [0.2, 0.25) is 0 Å². The smallest absolute Gasteiger partial charge is 0.0632 e. The highest BCUT2D eigenvalue weighted by Gasteiger charge is 2.11. The predicted molar refractivity (Wildman–Crippen MR) is 78.1 cm³/mol. The fourth-order valence-corrected chi connectivity index (χ4v) is 2.06. The maximum absolute atomic E-state index is 9.17. The fourth-order valence-electron chi connectivity index (χ4n) is 2.06. The Morgan fingerprint density at radius 2 is 1.83 bits per heavy atom. The van der Waals surface area contributed by atoms with Crippen molar-refractivity contribution in [1.82, 2.24) is 5.32 Å². The van der Waals surface area contributed by atoms with Crippen molar-refractivity contribution in [2.45, 2.75) is 39.3 Å². The van der Waals surface area contributed by atoms with Gasteiger partial charge in [0, 0.05) is 24.8 Å². The molecule has 0 aliphatic rings. The lowest BCUT2D eigenvalue weighted by molar-refractivity contribution is 0.270. The highest BCUT2D eigenvalue weighted by molar-refractivity contribution is 5.48. The van der Waals surface area contributed by atoms with E-state index in [0.29, 0.717) is 6.04 Å². The van der Waals surface area contributed by atoms with Crippen LogP contribution in [0.5, 0.6) is 0 Å². The minimum Gasteiger partial charge on any atom is -0.394 e. The summed E-state index contributed by atoms with van der Waals surface area (Å²) < 4.78 is 0. The Balaban J connectivity index is 2.78. The Kier molecular flexibility index (Phi) is 6.16.